The van der Waals surface area contributed by atoms with Gasteiger partial charge in [-0.15, -0.1) is 0 Å². The first-order valence-electron chi connectivity index (χ1n) is 7.21. The van der Waals surface area contributed by atoms with Gasteiger partial charge in [-0.25, -0.2) is 0 Å². The lowest BCUT2D eigenvalue weighted by molar-refractivity contribution is -0.143. The molecular formula is C15H24O4. The molecule has 1 aliphatic rings. The Bertz CT molecular complexity index is 333. The quantitative estimate of drug-likeness (QED) is 0.515. The molecule has 0 radical (unpaired) electrons. The second-order valence-electron chi connectivity index (χ2n) is 4.96. The van der Waals surface area contributed by atoms with Crippen molar-refractivity contribution >= 4 is 11.8 Å². The van der Waals surface area contributed by atoms with Crippen LogP contribution in [0.3, 0.4) is 0 Å². The van der Waals surface area contributed by atoms with E-state index in [0.29, 0.717) is 13.0 Å². The summed E-state index contributed by atoms with van der Waals surface area (Å²) in [5.41, 5.74) is 0.791. The maximum Gasteiger partial charge on any atom is 0.305 e. The summed E-state index contributed by atoms with van der Waals surface area (Å²) in [4.78, 5) is 22.5. The third-order valence-corrected chi connectivity index (χ3v) is 3.28. The predicted octanol–water partition coefficient (Wildman–Crippen LogP) is 2.54. The zero-order valence-electron chi connectivity index (χ0n) is 11.7. The van der Waals surface area contributed by atoms with Gasteiger partial charge < -0.3 is 9.84 Å². The molecular weight excluding hydrogens is 244 g/mol. The van der Waals surface area contributed by atoms with Crippen molar-refractivity contribution in [3.8, 4) is 0 Å². The third kappa shape index (κ3) is 6.53. The van der Waals surface area contributed by atoms with Gasteiger partial charge in [-0.3, -0.25) is 9.59 Å². The molecule has 0 saturated carbocycles. The van der Waals surface area contributed by atoms with Crippen LogP contribution in [-0.4, -0.2) is 29.6 Å². The van der Waals surface area contributed by atoms with Crippen molar-refractivity contribution in [3.63, 3.8) is 0 Å². The maximum absolute atomic E-state index is 11.4. The molecule has 0 aromatic rings. The van der Waals surface area contributed by atoms with E-state index in [1.54, 1.807) is 6.08 Å². The van der Waals surface area contributed by atoms with E-state index in [9.17, 15) is 14.7 Å². The molecule has 4 heteroatoms. The van der Waals surface area contributed by atoms with Crippen LogP contribution in [0, 0.1) is 0 Å². The molecule has 0 aromatic carbocycles. The van der Waals surface area contributed by atoms with E-state index >= 15 is 0 Å². The molecule has 0 saturated heterocycles. The van der Waals surface area contributed by atoms with Crippen LogP contribution in [0.5, 0.6) is 0 Å². The minimum absolute atomic E-state index is 0.0924. The molecule has 0 amide bonds. The first-order valence-corrected chi connectivity index (χ1v) is 7.21. The Morgan fingerprint density at radius 2 is 2.00 bits per heavy atom. The molecule has 1 atom stereocenters. The van der Waals surface area contributed by atoms with Crippen molar-refractivity contribution < 1.29 is 19.4 Å². The highest BCUT2D eigenvalue weighted by atomic mass is 16.5. The van der Waals surface area contributed by atoms with E-state index in [1.807, 2.05) is 6.92 Å². The Hall–Kier alpha value is -1.16. The first kappa shape index (κ1) is 15.9. The molecule has 4 nitrogen and oxygen atoms in total. The minimum Gasteiger partial charge on any atom is -0.466 e. The molecule has 0 fully saturated rings. The van der Waals surface area contributed by atoms with Gasteiger partial charge in [0.15, 0.2) is 5.78 Å². The van der Waals surface area contributed by atoms with Crippen LogP contribution in [-0.2, 0) is 14.3 Å². The van der Waals surface area contributed by atoms with Crippen molar-refractivity contribution in [3.05, 3.63) is 11.6 Å². The smallest absolute Gasteiger partial charge is 0.305 e. The molecule has 0 aromatic heterocycles. The van der Waals surface area contributed by atoms with E-state index in [0.717, 1.165) is 44.1 Å². The van der Waals surface area contributed by atoms with Gasteiger partial charge in [-0.05, 0) is 37.8 Å². The molecule has 0 aliphatic heterocycles. The number of aliphatic hydroxyl groups excluding tert-OH is 1. The summed E-state index contributed by atoms with van der Waals surface area (Å²) in [6, 6.07) is 0. The lowest BCUT2D eigenvalue weighted by Crippen LogP contribution is -2.03. The van der Waals surface area contributed by atoms with Crippen molar-refractivity contribution in [2.24, 2.45) is 0 Å². The van der Waals surface area contributed by atoms with Crippen LogP contribution >= 0.6 is 0 Å². The fraction of sp³-hybridized carbons (Fsp3) is 0.733. The zero-order chi connectivity index (χ0) is 14.1. The van der Waals surface area contributed by atoms with Crippen molar-refractivity contribution in [2.75, 3.05) is 6.61 Å². The van der Waals surface area contributed by atoms with Crippen LogP contribution in [0.1, 0.15) is 58.3 Å². The Labute approximate surface area is 114 Å². The number of ketones is 1. The summed E-state index contributed by atoms with van der Waals surface area (Å²) in [6.45, 7) is 2.27. The molecule has 0 heterocycles. The summed E-state index contributed by atoms with van der Waals surface area (Å²) < 4.78 is 4.85. The van der Waals surface area contributed by atoms with Gasteiger partial charge in [0.2, 0.25) is 0 Å². The SMILES string of the molecule is CCOC(=O)CCCCCCCC1=CC(O)CC1=O. The van der Waals surface area contributed by atoms with Gasteiger partial charge in [0.05, 0.1) is 12.7 Å². The number of carbonyl (C=O) groups is 2. The molecule has 0 bridgehead atoms. The van der Waals surface area contributed by atoms with Crippen LogP contribution in [0.15, 0.2) is 11.6 Å². The third-order valence-electron chi connectivity index (χ3n) is 3.28. The highest BCUT2D eigenvalue weighted by Gasteiger charge is 2.21. The fourth-order valence-corrected chi connectivity index (χ4v) is 2.28. The Kier molecular flexibility index (Phi) is 7.41. The first-order chi connectivity index (χ1) is 9.13. The number of allylic oxidation sites excluding steroid dienone is 1. The van der Waals surface area contributed by atoms with Gasteiger partial charge >= 0.3 is 5.97 Å². The van der Waals surface area contributed by atoms with Crippen LogP contribution in [0.25, 0.3) is 0 Å². The number of aliphatic hydroxyl groups is 1. The van der Waals surface area contributed by atoms with Crippen LogP contribution < -0.4 is 0 Å². The van der Waals surface area contributed by atoms with Crippen LogP contribution in [0.2, 0.25) is 0 Å². The molecule has 1 rings (SSSR count). The number of hydrogen-bond acceptors (Lipinski definition) is 4. The second-order valence-corrected chi connectivity index (χ2v) is 4.96. The minimum atomic E-state index is -0.563. The van der Waals surface area contributed by atoms with Gasteiger partial charge in [0.25, 0.3) is 0 Å². The molecule has 108 valence electrons. The summed E-state index contributed by atoms with van der Waals surface area (Å²) >= 11 is 0. The molecule has 19 heavy (non-hydrogen) atoms. The van der Waals surface area contributed by atoms with Gasteiger partial charge in [-0.2, -0.15) is 0 Å². The molecule has 1 aliphatic carbocycles. The summed E-state index contributed by atoms with van der Waals surface area (Å²) in [5, 5.41) is 9.30. The van der Waals surface area contributed by atoms with E-state index in [4.69, 9.17) is 4.74 Å². The van der Waals surface area contributed by atoms with E-state index in [1.165, 1.54) is 0 Å². The van der Waals surface area contributed by atoms with E-state index in [2.05, 4.69) is 0 Å². The Morgan fingerprint density at radius 1 is 1.32 bits per heavy atom. The maximum atomic E-state index is 11.4. The number of esters is 1. The van der Waals surface area contributed by atoms with E-state index in [-0.39, 0.29) is 18.2 Å². The number of hydrogen-bond donors (Lipinski definition) is 1. The standard InChI is InChI=1S/C15H24O4/c1-2-19-15(18)9-7-5-3-4-6-8-12-10-13(16)11-14(12)17/h10,13,16H,2-9,11H2,1H3. The number of Topliss-reactive ketones (excluding diaryl/α,β-unsaturated/α-hetero) is 1. The Morgan fingerprint density at radius 3 is 2.63 bits per heavy atom. The van der Waals surface area contributed by atoms with Gasteiger partial charge in [-0.1, -0.05) is 19.3 Å². The van der Waals surface area contributed by atoms with Crippen molar-refractivity contribution in [1.82, 2.24) is 0 Å². The fourth-order valence-electron chi connectivity index (χ4n) is 2.28. The summed E-state index contributed by atoms with van der Waals surface area (Å²) in [6.07, 6.45) is 7.66. The number of rotatable bonds is 9. The average Bonchev–Trinajstić information content (AvgIpc) is 2.67. The highest BCUT2D eigenvalue weighted by molar-refractivity contribution is 5.98. The predicted molar refractivity (Wildman–Crippen MR) is 72.7 cm³/mol. The largest absolute Gasteiger partial charge is 0.466 e. The number of carbonyl (C=O) groups excluding carboxylic acids is 2. The second kappa shape index (κ2) is 8.86. The van der Waals surface area contributed by atoms with E-state index < -0.39 is 6.10 Å². The van der Waals surface area contributed by atoms with Crippen LogP contribution in [0.4, 0.5) is 0 Å². The van der Waals surface area contributed by atoms with Crippen molar-refractivity contribution in [2.45, 2.75) is 64.4 Å². The summed E-state index contributed by atoms with van der Waals surface area (Å²) in [5.74, 6) is -0.0204. The normalized spacial score (nSPS) is 18.5. The topological polar surface area (TPSA) is 63.6 Å². The molecule has 1 N–H and O–H groups in total. The van der Waals surface area contributed by atoms with Crippen molar-refractivity contribution in [1.29, 1.82) is 0 Å². The average molecular weight is 268 g/mol. The lowest BCUT2D eigenvalue weighted by Gasteiger charge is -2.03. The Balaban J connectivity index is 1.96. The van der Waals surface area contributed by atoms with Gasteiger partial charge in [0.1, 0.15) is 0 Å². The number of ether oxygens (including phenoxy) is 1. The monoisotopic (exact) mass is 268 g/mol. The van der Waals surface area contributed by atoms with Gasteiger partial charge in [0, 0.05) is 12.8 Å². The lowest BCUT2D eigenvalue weighted by atomic mass is 10.0. The zero-order valence-corrected chi connectivity index (χ0v) is 11.7. The molecule has 0 spiro atoms. The molecule has 1 unspecified atom stereocenters. The summed E-state index contributed by atoms with van der Waals surface area (Å²) in [7, 11) is 0. The highest BCUT2D eigenvalue weighted by Crippen LogP contribution is 2.20. The number of unbranched alkanes of at least 4 members (excludes halogenated alkanes) is 4.